The summed E-state index contributed by atoms with van der Waals surface area (Å²) in [6.45, 7) is 4.00. The van der Waals surface area contributed by atoms with Crippen molar-refractivity contribution < 1.29 is 9.53 Å². The largest absolute Gasteiger partial charge is 0.481 e. The standard InChI is InChI=1S/C24H18ClN3O2.C2H6/c1-30-23-12-10-19(15-27-23)28-24(29)18-9-11-21(25)20(14-18)16-5-7-17(8-6-16)22-4-2-3-13-26-22;1-2/h2-15H,1H3,(H,28,29);1-2H3. The molecule has 0 spiro atoms. The Hall–Kier alpha value is -3.70. The molecule has 162 valence electrons. The molecule has 0 atom stereocenters. The molecule has 0 fully saturated rings. The van der Waals surface area contributed by atoms with Gasteiger partial charge in [-0.25, -0.2) is 4.98 Å². The molecule has 32 heavy (non-hydrogen) atoms. The molecule has 0 aliphatic carbocycles. The lowest BCUT2D eigenvalue weighted by atomic mass is 10.0. The van der Waals surface area contributed by atoms with Crippen LogP contribution < -0.4 is 10.1 Å². The molecule has 2 aromatic carbocycles. The van der Waals surface area contributed by atoms with E-state index >= 15 is 0 Å². The van der Waals surface area contributed by atoms with Gasteiger partial charge in [0.05, 0.1) is 24.7 Å². The van der Waals surface area contributed by atoms with Gasteiger partial charge in [0, 0.05) is 34.0 Å². The van der Waals surface area contributed by atoms with Gasteiger partial charge in [-0.2, -0.15) is 0 Å². The van der Waals surface area contributed by atoms with Crippen LogP contribution in [0.15, 0.2) is 85.2 Å². The fourth-order valence-corrected chi connectivity index (χ4v) is 3.25. The Balaban J connectivity index is 0.00000141. The van der Waals surface area contributed by atoms with Gasteiger partial charge in [0.2, 0.25) is 5.88 Å². The van der Waals surface area contributed by atoms with Crippen molar-refractivity contribution in [1.82, 2.24) is 9.97 Å². The molecule has 6 heteroatoms. The van der Waals surface area contributed by atoms with E-state index in [4.69, 9.17) is 16.3 Å². The van der Waals surface area contributed by atoms with Crippen molar-refractivity contribution in [2.75, 3.05) is 12.4 Å². The SMILES string of the molecule is CC.COc1ccc(NC(=O)c2ccc(Cl)c(-c3ccc(-c4ccccn4)cc3)c2)cn1. The number of aromatic nitrogens is 2. The zero-order valence-corrected chi connectivity index (χ0v) is 18.9. The molecule has 0 aliphatic rings. The summed E-state index contributed by atoms with van der Waals surface area (Å²) in [7, 11) is 1.54. The van der Waals surface area contributed by atoms with E-state index in [1.807, 2.05) is 56.3 Å². The van der Waals surface area contributed by atoms with E-state index in [-0.39, 0.29) is 5.91 Å². The van der Waals surface area contributed by atoms with Gasteiger partial charge in [-0.1, -0.05) is 55.8 Å². The normalized spacial score (nSPS) is 10.0. The monoisotopic (exact) mass is 445 g/mol. The second-order valence-electron chi connectivity index (χ2n) is 6.53. The topological polar surface area (TPSA) is 64.1 Å². The number of carbonyl (C=O) groups excluding carboxylic acids is 1. The minimum absolute atomic E-state index is 0.245. The summed E-state index contributed by atoms with van der Waals surface area (Å²) in [6, 6.07) is 22.3. The summed E-state index contributed by atoms with van der Waals surface area (Å²) in [5.41, 5.74) is 4.69. The van der Waals surface area contributed by atoms with Crippen molar-refractivity contribution in [3.05, 3.63) is 95.8 Å². The second kappa shape index (κ2) is 11.1. The summed E-state index contributed by atoms with van der Waals surface area (Å²) < 4.78 is 5.03. The molecule has 2 aromatic heterocycles. The Morgan fingerprint density at radius 2 is 1.66 bits per heavy atom. The first-order valence-corrected chi connectivity index (χ1v) is 10.6. The number of carbonyl (C=O) groups is 1. The van der Waals surface area contributed by atoms with Gasteiger partial charge < -0.3 is 10.1 Å². The van der Waals surface area contributed by atoms with Gasteiger partial charge in [-0.05, 0) is 42.0 Å². The predicted octanol–water partition coefficient (Wildman–Crippen LogP) is 6.75. The summed E-state index contributed by atoms with van der Waals surface area (Å²) in [5, 5.41) is 3.40. The smallest absolute Gasteiger partial charge is 0.255 e. The van der Waals surface area contributed by atoms with E-state index in [1.165, 1.54) is 0 Å². The number of methoxy groups -OCH3 is 1. The molecular weight excluding hydrogens is 422 g/mol. The van der Waals surface area contributed by atoms with Crippen LogP contribution in [0.5, 0.6) is 5.88 Å². The van der Waals surface area contributed by atoms with Crippen molar-refractivity contribution in [3.8, 4) is 28.3 Å². The Kier molecular flexibility index (Phi) is 7.95. The molecule has 0 radical (unpaired) electrons. The highest BCUT2D eigenvalue weighted by atomic mass is 35.5. The van der Waals surface area contributed by atoms with Crippen LogP contribution in [0.1, 0.15) is 24.2 Å². The molecule has 1 N–H and O–H groups in total. The van der Waals surface area contributed by atoms with Gasteiger partial charge in [0.25, 0.3) is 5.91 Å². The Labute approximate surface area is 193 Å². The van der Waals surface area contributed by atoms with Crippen LogP contribution in [0.4, 0.5) is 5.69 Å². The summed E-state index contributed by atoms with van der Waals surface area (Å²) in [4.78, 5) is 21.1. The molecule has 0 bridgehead atoms. The first-order chi connectivity index (χ1) is 15.6. The summed E-state index contributed by atoms with van der Waals surface area (Å²) >= 11 is 6.42. The number of hydrogen-bond acceptors (Lipinski definition) is 4. The molecule has 0 aliphatic heterocycles. The number of rotatable bonds is 5. The van der Waals surface area contributed by atoms with Crippen molar-refractivity contribution in [2.24, 2.45) is 0 Å². The first-order valence-electron chi connectivity index (χ1n) is 10.3. The zero-order chi connectivity index (χ0) is 22.9. The van der Waals surface area contributed by atoms with Crippen LogP contribution in [0.3, 0.4) is 0 Å². The number of nitrogens with zero attached hydrogens (tertiary/aromatic N) is 2. The van der Waals surface area contributed by atoms with Crippen LogP contribution >= 0.6 is 11.6 Å². The van der Waals surface area contributed by atoms with Crippen LogP contribution in [0.25, 0.3) is 22.4 Å². The zero-order valence-electron chi connectivity index (χ0n) is 18.2. The van der Waals surface area contributed by atoms with Crippen LogP contribution in [-0.2, 0) is 0 Å². The Morgan fingerprint density at radius 3 is 2.28 bits per heavy atom. The number of pyridine rings is 2. The highest BCUT2D eigenvalue weighted by Gasteiger charge is 2.12. The van der Waals surface area contributed by atoms with Gasteiger partial charge >= 0.3 is 0 Å². The third-order valence-corrected chi connectivity index (χ3v) is 4.92. The molecule has 2 heterocycles. The second-order valence-corrected chi connectivity index (χ2v) is 6.94. The van der Waals surface area contributed by atoms with Crippen LogP contribution in [0, 0.1) is 0 Å². The first kappa shape index (κ1) is 23.0. The Bertz CT molecular complexity index is 1160. The lowest BCUT2D eigenvalue weighted by Gasteiger charge is -2.10. The van der Waals surface area contributed by atoms with Crippen molar-refractivity contribution in [2.45, 2.75) is 13.8 Å². The Morgan fingerprint density at radius 1 is 0.906 bits per heavy atom. The number of nitrogens with one attached hydrogen (secondary N) is 1. The van der Waals surface area contributed by atoms with E-state index in [1.54, 1.807) is 49.8 Å². The molecule has 0 unspecified atom stereocenters. The average molecular weight is 446 g/mol. The minimum Gasteiger partial charge on any atom is -0.481 e. The predicted molar refractivity (Wildman–Crippen MR) is 130 cm³/mol. The van der Waals surface area contributed by atoms with Gasteiger partial charge in [0.1, 0.15) is 0 Å². The summed E-state index contributed by atoms with van der Waals surface area (Å²) in [5.74, 6) is 0.237. The van der Waals surface area contributed by atoms with Gasteiger partial charge in [-0.15, -0.1) is 0 Å². The maximum atomic E-state index is 12.7. The summed E-state index contributed by atoms with van der Waals surface area (Å²) in [6.07, 6.45) is 3.31. The van der Waals surface area contributed by atoms with E-state index in [2.05, 4.69) is 15.3 Å². The van der Waals surface area contributed by atoms with Gasteiger partial charge in [-0.3, -0.25) is 9.78 Å². The fourth-order valence-electron chi connectivity index (χ4n) is 3.02. The highest BCUT2D eigenvalue weighted by molar-refractivity contribution is 6.33. The van der Waals surface area contributed by atoms with Crippen molar-refractivity contribution in [3.63, 3.8) is 0 Å². The minimum atomic E-state index is -0.245. The molecular formula is C26H24ClN3O2. The lowest BCUT2D eigenvalue weighted by molar-refractivity contribution is 0.102. The third kappa shape index (κ3) is 5.50. The number of ether oxygens (including phenoxy) is 1. The molecule has 4 aromatic rings. The number of halogens is 1. The van der Waals surface area contributed by atoms with E-state index < -0.39 is 0 Å². The van der Waals surface area contributed by atoms with E-state index in [9.17, 15) is 4.79 Å². The number of hydrogen-bond donors (Lipinski definition) is 1. The van der Waals surface area contributed by atoms with Crippen LogP contribution in [0.2, 0.25) is 5.02 Å². The quantitative estimate of drug-likeness (QED) is 0.369. The number of benzene rings is 2. The lowest BCUT2D eigenvalue weighted by Crippen LogP contribution is -2.12. The van der Waals surface area contributed by atoms with Crippen LogP contribution in [-0.4, -0.2) is 23.0 Å². The van der Waals surface area contributed by atoms with E-state index in [0.29, 0.717) is 22.2 Å². The third-order valence-electron chi connectivity index (χ3n) is 4.59. The maximum absolute atomic E-state index is 12.7. The molecule has 4 rings (SSSR count). The van der Waals surface area contributed by atoms with E-state index in [0.717, 1.165) is 22.4 Å². The maximum Gasteiger partial charge on any atom is 0.255 e. The fraction of sp³-hybridized carbons (Fsp3) is 0.115. The molecule has 1 amide bonds. The van der Waals surface area contributed by atoms with Gasteiger partial charge in [0.15, 0.2) is 0 Å². The molecule has 5 nitrogen and oxygen atoms in total. The highest BCUT2D eigenvalue weighted by Crippen LogP contribution is 2.31. The molecule has 0 saturated carbocycles. The van der Waals surface area contributed by atoms with Crippen molar-refractivity contribution in [1.29, 1.82) is 0 Å². The average Bonchev–Trinajstić information content (AvgIpc) is 2.86. The van der Waals surface area contributed by atoms with Crippen molar-refractivity contribution >= 4 is 23.2 Å². The number of anilines is 1. The number of amides is 1. The molecule has 0 saturated heterocycles.